The van der Waals surface area contributed by atoms with Gasteiger partial charge in [-0.1, -0.05) is 86.5 Å². The van der Waals surface area contributed by atoms with Gasteiger partial charge in [-0.3, -0.25) is 9.69 Å². The van der Waals surface area contributed by atoms with E-state index in [-0.39, 0.29) is 19.4 Å². The van der Waals surface area contributed by atoms with Crippen molar-refractivity contribution in [3.63, 3.8) is 0 Å². The van der Waals surface area contributed by atoms with Gasteiger partial charge in [0.1, 0.15) is 18.2 Å². The lowest BCUT2D eigenvalue weighted by atomic mass is 10.1. The Labute approximate surface area is 215 Å². The van der Waals surface area contributed by atoms with Crippen LogP contribution in [0.2, 0.25) is 0 Å². The SMILES string of the molecule is CCCCCN(C(=O)OC)C(CCC(=O)OC(C)(C)C)C(=O)OCc1ccccc1.c1ccccc1. The molecule has 0 radical (unpaired) electrons. The molecule has 0 spiro atoms. The molecule has 0 saturated carbocycles. The number of hydrogen-bond acceptors (Lipinski definition) is 6. The molecule has 0 heterocycles. The average Bonchev–Trinajstić information content (AvgIpc) is 2.87. The Bertz CT molecular complexity index is 853. The maximum atomic E-state index is 12.9. The van der Waals surface area contributed by atoms with E-state index in [1.165, 1.54) is 12.0 Å². The van der Waals surface area contributed by atoms with E-state index in [1.54, 1.807) is 20.8 Å². The molecule has 0 aliphatic rings. The lowest BCUT2D eigenvalue weighted by molar-refractivity contribution is -0.156. The van der Waals surface area contributed by atoms with Crippen LogP contribution < -0.4 is 0 Å². The summed E-state index contributed by atoms with van der Waals surface area (Å²) >= 11 is 0. The van der Waals surface area contributed by atoms with Gasteiger partial charge in [0.25, 0.3) is 0 Å². The van der Waals surface area contributed by atoms with E-state index in [9.17, 15) is 14.4 Å². The molecule has 2 rings (SSSR count). The van der Waals surface area contributed by atoms with Crippen LogP contribution in [0.15, 0.2) is 66.7 Å². The van der Waals surface area contributed by atoms with Crippen molar-refractivity contribution in [1.82, 2.24) is 4.90 Å². The topological polar surface area (TPSA) is 82.1 Å². The van der Waals surface area contributed by atoms with Crippen molar-refractivity contribution in [2.45, 2.75) is 78.0 Å². The van der Waals surface area contributed by atoms with Crippen molar-refractivity contribution in [3.8, 4) is 0 Å². The highest BCUT2D eigenvalue weighted by Crippen LogP contribution is 2.17. The van der Waals surface area contributed by atoms with Crippen LogP contribution in [0, 0.1) is 0 Å². The summed E-state index contributed by atoms with van der Waals surface area (Å²) in [4.78, 5) is 38.8. The fourth-order valence-corrected chi connectivity index (χ4v) is 3.28. The number of nitrogens with zero attached hydrogens (tertiary/aromatic N) is 1. The number of ether oxygens (including phenoxy) is 3. The largest absolute Gasteiger partial charge is 0.460 e. The first-order valence-electron chi connectivity index (χ1n) is 12.4. The summed E-state index contributed by atoms with van der Waals surface area (Å²) < 4.78 is 15.7. The Balaban J connectivity index is 0.000000936. The number of esters is 2. The summed E-state index contributed by atoms with van der Waals surface area (Å²) in [7, 11) is 1.27. The molecule has 7 heteroatoms. The highest BCUT2D eigenvalue weighted by molar-refractivity contribution is 5.82. The van der Waals surface area contributed by atoms with E-state index in [4.69, 9.17) is 14.2 Å². The van der Waals surface area contributed by atoms with Crippen molar-refractivity contribution >= 4 is 18.0 Å². The zero-order chi connectivity index (χ0) is 26.8. The summed E-state index contributed by atoms with van der Waals surface area (Å²) in [6.45, 7) is 7.83. The average molecular weight is 500 g/mol. The monoisotopic (exact) mass is 499 g/mol. The van der Waals surface area contributed by atoms with Crippen LogP contribution in [0.5, 0.6) is 0 Å². The number of benzene rings is 2. The highest BCUT2D eigenvalue weighted by Gasteiger charge is 2.32. The van der Waals surface area contributed by atoms with Crippen molar-refractivity contribution in [1.29, 1.82) is 0 Å². The number of rotatable bonds is 11. The molecule has 0 bridgehead atoms. The molecule has 0 aliphatic carbocycles. The van der Waals surface area contributed by atoms with Crippen molar-refractivity contribution < 1.29 is 28.6 Å². The summed E-state index contributed by atoms with van der Waals surface area (Å²) in [5, 5.41) is 0. The maximum Gasteiger partial charge on any atom is 0.410 e. The predicted octanol–water partition coefficient (Wildman–Crippen LogP) is 6.17. The molecule has 0 N–H and O–H groups in total. The summed E-state index contributed by atoms with van der Waals surface area (Å²) in [6, 6.07) is 20.4. The van der Waals surface area contributed by atoms with E-state index in [0.29, 0.717) is 6.54 Å². The van der Waals surface area contributed by atoms with Gasteiger partial charge >= 0.3 is 18.0 Å². The summed E-state index contributed by atoms with van der Waals surface area (Å²) in [6.07, 6.45) is 2.08. The van der Waals surface area contributed by atoms with Crippen LogP contribution in [0.4, 0.5) is 4.79 Å². The Morgan fingerprint density at radius 1 is 0.889 bits per heavy atom. The second kappa shape index (κ2) is 17.1. The molecule has 2 aromatic carbocycles. The molecule has 36 heavy (non-hydrogen) atoms. The predicted molar refractivity (Wildman–Crippen MR) is 140 cm³/mol. The van der Waals surface area contributed by atoms with Crippen molar-refractivity contribution in [3.05, 3.63) is 72.3 Å². The molecule has 198 valence electrons. The molecule has 0 fully saturated rings. The minimum absolute atomic E-state index is 0.0103. The lowest BCUT2D eigenvalue weighted by Gasteiger charge is -2.29. The molecule has 1 atom stereocenters. The Kier molecular flexibility index (Phi) is 14.6. The molecule has 7 nitrogen and oxygen atoms in total. The zero-order valence-corrected chi connectivity index (χ0v) is 22.3. The first kappa shape index (κ1) is 30.7. The molecule has 0 saturated heterocycles. The number of methoxy groups -OCH3 is 1. The number of carbonyl (C=O) groups excluding carboxylic acids is 3. The van der Waals surface area contributed by atoms with Crippen LogP contribution in [-0.2, 0) is 30.4 Å². The molecule has 2 aromatic rings. The van der Waals surface area contributed by atoms with Gasteiger partial charge in [-0.25, -0.2) is 9.59 Å². The van der Waals surface area contributed by atoms with Gasteiger partial charge in [0.05, 0.1) is 7.11 Å². The second-order valence-electron chi connectivity index (χ2n) is 9.26. The summed E-state index contributed by atoms with van der Waals surface area (Å²) in [5.74, 6) is -0.994. The van der Waals surface area contributed by atoms with Gasteiger partial charge in [-0.2, -0.15) is 0 Å². The van der Waals surface area contributed by atoms with Crippen LogP contribution >= 0.6 is 0 Å². The van der Waals surface area contributed by atoms with E-state index in [1.807, 2.05) is 66.7 Å². The fourth-order valence-electron chi connectivity index (χ4n) is 3.28. The van der Waals surface area contributed by atoms with Crippen molar-refractivity contribution in [2.75, 3.05) is 13.7 Å². The van der Waals surface area contributed by atoms with Crippen molar-refractivity contribution in [2.24, 2.45) is 0 Å². The van der Waals surface area contributed by atoms with Gasteiger partial charge in [-0.15, -0.1) is 0 Å². The van der Waals surface area contributed by atoms with Crippen LogP contribution in [0.1, 0.15) is 65.4 Å². The van der Waals surface area contributed by atoms with E-state index >= 15 is 0 Å². The third kappa shape index (κ3) is 13.5. The third-order valence-electron chi connectivity index (χ3n) is 4.99. The van der Waals surface area contributed by atoms with Gasteiger partial charge < -0.3 is 14.2 Å². The number of amides is 1. The Morgan fingerprint density at radius 2 is 1.44 bits per heavy atom. The van der Waals surface area contributed by atoms with Gasteiger partial charge in [0.2, 0.25) is 0 Å². The van der Waals surface area contributed by atoms with Gasteiger partial charge in [0, 0.05) is 13.0 Å². The van der Waals surface area contributed by atoms with E-state index in [2.05, 4.69) is 6.92 Å². The Morgan fingerprint density at radius 3 is 1.94 bits per heavy atom. The first-order chi connectivity index (χ1) is 17.2. The van der Waals surface area contributed by atoms with Crippen LogP contribution in [0.3, 0.4) is 0 Å². The molecule has 1 amide bonds. The zero-order valence-electron chi connectivity index (χ0n) is 22.3. The molecule has 0 aliphatic heterocycles. The maximum absolute atomic E-state index is 12.9. The number of carbonyl (C=O) groups is 3. The summed E-state index contributed by atoms with van der Waals surface area (Å²) in [5.41, 5.74) is 0.219. The lowest BCUT2D eigenvalue weighted by Crippen LogP contribution is -2.46. The van der Waals surface area contributed by atoms with E-state index < -0.39 is 29.7 Å². The normalized spacial score (nSPS) is 11.4. The van der Waals surface area contributed by atoms with Gasteiger partial charge in [-0.05, 0) is 39.2 Å². The van der Waals surface area contributed by atoms with Crippen LogP contribution in [0.25, 0.3) is 0 Å². The second-order valence-corrected chi connectivity index (χ2v) is 9.26. The standard InChI is InChI=1S/C23H35NO6.C6H6/c1-6-7-11-16-24(22(27)28-5)19(14-15-20(25)30-23(2,3)4)21(26)29-17-18-12-9-8-10-13-18;1-2-4-6-5-3-1/h8-10,12-13,19H,6-7,11,14-17H2,1-5H3;1-6H. The third-order valence-corrected chi connectivity index (χ3v) is 4.99. The van der Waals surface area contributed by atoms with E-state index in [0.717, 1.165) is 24.8 Å². The smallest absolute Gasteiger partial charge is 0.410 e. The number of hydrogen-bond donors (Lipinski definition) is 0. The minimum Gasteiger partial charge on any atom is -0.460 e. The van der Waals surface area contributed by atoms with Gasteiger partial charge in [0.15, 0.2) is 0 Å². The minimum atomic E-state index is -0.925. The molecular weight excluding hydrogens is 458 g/mol. The molecule has 0 aromatic heterocycles. The highest BCUT2D eigenvalue weighted by atomic mass is 16.6. The first-order valence-corrected chi connectivity index (χ1v) is 12.4. The number of unbranched alkanes of at least 4 members (excludes halogenated alkanes) is 2. The molecular formula is C29H41NO6. The molecule has 1 unspecified atom stereocenters. The fraction of sp³-hybridized carbons (Fsp3) is 0.483. The Hall–Kier alpha value is -3.35. The quantitative estimate of drug-likeness (QED) is 0.209. The van der Waals surface area contributed by atoms with Crippen LogP contribution in [-0.4, -0.2) is 48.2 Å².